The molecular weight excluding hydrogens is 192 g/mol. The summed E-state index contributed by atoms with van der Waals surface area (Å²) in [5.74, 6) is -0.647. The molecule has 0 aromatic rings. The number of carbonyl (C=O) groups is 2. The Bertz CT molecular complexity index is 357. The third-order valence-corrected chi connectivity index (χ3v) is 3.68. The van der Waals surface area contributed by atoms with Gasteiger partial charge in [-0.25, -0.2) is 0 Å². The Balaban J connectivity index is 2.25. The minimum Gasteiger partial charge on any atom is -0.274 e. The van der Waals surface area contributed by atoms with Gasteiger partial charge in [-0.1, -0.05) is 20.8 Å². The van der Waals surface area contributed by atoms with E-state index >= 15 is 0 Å². The molecule has 0 spiro atoms. The minimum absolute atomic E-state index is 0.150. The summed E-state index contributed by atoms with van der Waals surface area (Å²) in [4.78, 5) is 24.9. The van der Waals surface area contributed by atoms with Gasteiger partial charge in [0.15, 0.2) is 0 Å². The number of amides is 2. The summed E-state index contributed by atoms with van der Waals surface area (Å²) < 4.78 is 0. The first-order valence-electron chi connectivity index (χ1n) is 5.23. The highest BCUT2D eigenvalue weighted by molar-refractivity contribution is 6.10. The predicted octanol–water partition coefficient (Wildman–Crippen LogP) is 0.930. The van der Waals surface area contributed by atoms with Crippen molar-refractivity contribution in [2.75, 3.05) is 0 Å². The van der Waals surface area contributed by atoms with Crippen molar-refractivity contribution < 1.29 is 9.59 Å². The van der Waals surface area contributed by atoms with Crippen LogP contribution in [-0.2, 0) is 9.59 Å². The number of fused-ring (bicyclic) bond motifs is 1. The number of imide groups is 1. The highest BCUT2D eigenvalue weighted by atomic mass is 16.2. The maximum atomic E-state index is 11.9. The number of piperidine rings is 1. The van der Waals surface area contributed by atoms with Gasteiger partial charge < -0.3 is 0 Å². The van der Waals surface area contributed by atoms with Gasteiger partial charge in [0, 0.05) is 0 Å². The Kier molecular flexibility index (Phi) is 1.91. The molecule has 1 aliphatic carbocycles. The molecule has 2 amide bonds. The first-order valence-corrected chi connectivity index (χ1v) is 5.23. The number of carbonyl (C=O) groups excluding carboxylic acids is 2. The molecule has 1 saturated carbocycles. The van der Waals surface area contributed by atoms with Gasteiger partial charge in [-0.2, -0.15) is 5.26 Å². The Morgan fingerprint density at radius 2 is 1.87 bits per heavy atom. The highest BCUT2D eigenvalue weighted by Gasteiger charge is 2.73. The van der Waals surface area contributed by atoms with E-state index in [1.807, 2.05) is 26.8 Å². The van der Waals surface area contributed by atoms with Crippen LogP contribution in [0.25, 0.3) is 0 Å². The Labute approximate surface area is 88.9 Å². The van der Waals surface area contributed by atoms with Crippen molar-refractivity contribution in [1.82, 2.24) is 4.90 Å². The summed E-state index contributed by atoms with van der Waals surface area (Å²) >= 11 is 0. The van der Waals surface area contributed by atoms with Gasteiger partial charge in [-0.3, -0.25) is 14.5 Å². The SMILES string of the molecule is CCC(C#N)N1C(=O)C2C(C1=O)C2(C)C. The summed E-state index contributed by atoms with van der Waals surface area (Å²) in [5.41, 5.74) is -0.182. The van der Waals surface area contributed by atoms with Gasteiger partial charge in [0.05, 0.1) is 17.9 Å². The Hall–Kier alpha value is -1.37. The third kappa shape index (κ3) is 1.06. The molecule has 3 atom stereocenters. The summed E-state index contributed by atoms with van der Waals surface area (Å²) in [6, 6.07) is 1.43. The van der Waals surface area contributed by atoms with E-state index in [0.717, 1.165) is 0 Å². The molecule has 1 saturated heterocycles. The van der Waals surface area contributed by atoms with E-state index in [1.54, 1.807) is 0 Å². The molecule has 4 heteroatoms. The van der Waals surface area contributed by atoms with Crippen molar-refractivity contribution in [2.45, 2.75) is 33.2 Å². The number of hydrogen-bond donors (Lipinski definition) is 0. The van der Waals surface area contributed by atoms with E-state index in [0.29, 0.717) is 6.42 Å². The number of hydrogen-bond acceptors (Lipinski definition) is 3. The average molecular weight is 206 g/mol. The predicted molar refractivity (Wildman–Crippen MR) is 52.3 cm³/mol. The van der Waals surface area contributed by atoms with E-state index in [9.17, 15) is 9.59 Å². The lowest BCUT2D eigenvalue weighted by molar-refractivity contribution is -0.144. The van der Waals surface area contributed by atoms with E-state index in [-0.39, 0.29) is 29.1 Å². The van der Waals surface area contributed by atoms with Crippen molar-refractivity contribution in [3.05, 3.63) is 0 Å². The van der Waals surface area contributed by atoms with Gasteiger partial charge >= 0.3 is 0 Å². The molecule has 0 aromatic heterocycles. The fourth-order valence-corrected chi connectivity index (χ4v) is 2.61. The average Bonchev–Trinajstić information content (AvgIpc) is 2.64. The number of likely N-dealkylation sites (tertiary alicyclic amines) is 1. The summed E-state index contributed by atoms with van der Waals surface area (Å²) in [6.07, 6.45) is 0.508. The second-order valence-electron chi connectivity index (χ2n) is 4.88. The lowest BCUT2D eigenvalue weighted by atomic mass is 10.0. The van der Waals surface area contributed by atoms with Crippen LogP contribution in [0.2, 0.25) is 0 Å². The monoisotopic (exact) mass is 206 g/mol. The van der Waals surface area contributed by atoms with Crippen molar-refractivity contribution in [3.8, 4) is 6.07 Å². The molecule has 0 N–H and O–H groups in total. The highest BCUT2D eigenvalue weighted by Crippen LogP contribution is 2.63. The second kappa shape index (κ2) is 2.82. The zero-order valence-corrected chi connectivity index (χ0v) is 9.15. The van der Waals surface area contributed by atoms with Crippen molar-refractivity contribution in [3.63, 3.8) is 0 Å². The Morgan fingerprint density at radius 3 is 2.20 bits per heavy atom. The molecule has 80 valence electrons. The van der Waals surface area contributed by atoms with Crippen LogP contribution >= 0.6 is 0 Å². The maximum absolute atomic E-state index is 11.9. The van der Waals surface area contributed by atoms with Crippen LogP contribution in [0.15, 0.2) is 0 Å². The van der Waals surface area contributed by atoms with E-state index in [4.69, 9.17) is 5.26 Å². The summed E-state index contributed by atoms with van der Waals surface area (Å²) in [5, 5.41) is 8.86. The van der Waals surface area contributed by atoms with Crippen LogP contribution in [0.4, 0.5) is 0 Å². The lowest BCUT2D eigenvalue weighted by Crippen LogP contribution is -2.43. The smallest absolute Gasteiger partial charge is 0.234 e. The zero-order valence-electron chi connectivity index (χ0n) is 9.15. The fourth-order valence-electron chi connectivity index (χ4n) is 2.61. The second-order valence-corrected chi connectivity index (χ2v) is 4.88. The van der Waals surface area contributed by atoms with Gasteiger partial charge in [0.1, 0.15) is 6.04 Å². The maximum Gasteiger partial charge on any atom is 0.234 e. The first kappa shape index (κ1) is 10.2. The number of nitriles is 1. The van der Waals surface area contributed by atoms with E-state index in [2.05, 4.69) is 0 Å². The lowest BCUT2D eigenvalue weighted by Gasteiger charge is -2.23. The summed E-state index contributed by atoms with van der Waals surface area (Å²) in [6.45, 7) is 5.68. The van der Waals surface area contributed by atoms with Crippen LogP contribution < -0.4 is 0 Å². The van der Waals surface area contributed by atoms with Crippen LogP contribution in [0, 0.1) is 28.6 Å². The molecule has 0 radical (unpaired) electrons. The van der Waals surface area contributed by atoms with Crippen LogP contribution in [-0.4, -0.2) is 22.8 Å². The molecule has 3 unspecified atom stereocenters. The molecule has 2 aliphatic rings. The quantitative estimate of drug-likeness (QED) is 0.631. The molecular formula is C11H14N2O2. The van der Waals surface area contributed by atoms with E-state index < -0.39 is 6.04 Å². The van der Waals surface area contributed by atoms with Gasteiger partial charge in [-0.15, -0.1) is 0 Å². The van der Waals surface area contributed by atoms with Crippen LogP contribution in [0.5, 0.6) is 0 Å². The summed E-state index contributed by atoms with van der Waals surface area (Å²) in [7, 11) is 0. The topological polar surface area (TPSA) is 61.2 Å². The zero-order chi connectivity index (χ0) is 11.4. The largest absolute Gasteiger partial charge is 0.274 e. The standard InChI is InChI=1S/C11H14N2O2/c1-4-6(5-12)13-9(14)7-8(10(13)15)11(7,2)3/h6-8H,4H2,1-3H3. The van der Waals surface area contributed by atoms with Crippen molar-refractivity contribution in [2.24, 2.45) is 17.3 Å². The first-order chi connectivity index (χ1) is 6.96. The number of rotatable bonds is 2. The fraction of sp³-hybridized carbons (Fsp3) is 0.727. The van der Waals surface area contributed by atoms with Crippen LogP contribution in [0.3, 0.4) is 0 Å². The molecule has 1 heterocycles. The third-order valence-electron chi connectivity index (χ3n) is 3.68. The van der Waals surface area contributed by atoms with E-state index in [1.165, 1.54) is 4.90 Å². The molecule has 15 heavy (non-hydrogen) atoms. The molecule has 0 bridgehead atoms. The Morgan fingerprint density at radius 1 is 1.40 bits per heavy atom. The molecule has 2 rings (SSSR count). The van der Waals surface area contributed by atoms with Gasteiger partial charge in [-0.05, 0) is 11.8 Å². The minimum atomic E-state index is -0.575. The van der Waals surface area contributed by atoms with Gasteiger partial charge in [0.2, 0.25) is 11.8 Å². The molecule has 4 nitrogen and oxygen atoms in total. The molecule has 2 fully saturated rings. The normalized spacial score (nSPS) is 33.6. The van der Waals surface area contributed by atoms with Gasteiger partial charge in [0.25, 0.3) is 0 Å². The number of nitrogens with zero attached hydrogens (tertiary/aromatic N) is 2. The van der Waals surface area contributed by atoms with Crippen LogP contribution in [0.1, 0.15) is 27.2 Å². The molecule has 0 aromatic carbocycles. The molecule has 1 aliphatic heterocycles. The van der Waals surface area contributed by atoms with Crippen molar-refractivity contribution in [1.29, 1.82) is 5.26 Å². The van der Waals surface area contributed by atoms with Crippen molar-refractivity contribution >= 4 is 11.8 Å².